The number of carbonyl (C=O) groups is 1. The molecule has 0 aromatic carbocycles. The maximum Gasteiger partial charge on any atom is 0.295 e. The van der Waals surface area contributed by atoms with Crippen molar-refractivity contribution in [2.24, 2.45) is 0 Å². The van der Waals surface area contributed by atoms with Crippen LogP contribution in [0.25, 0.3) is 0 Å². The van der Waals surface area contributed by atoms with Crippen LogP contribution in [0.1, 0.15) is 13.8 Å². The molecule has 0 aliphatic carbocycles. The lowest BCUT2D eigenvalue weighted by Crippen LogP contribution is -2.29. The zero-order valence-corrected chi connectivity index (χ0v) is 6.14. The molecule has 0 aliphatic rings. The summed E-state index contributed by atoms with van der Waals surface area (Å²) in [5, 5.41) is 11.1. The summed E-state index contributed by atoms with van der Waals surface area (Å²) in [6.45, 7) is 3.44. The van der Waals surface area contributed by atoms with Gasteiger partial charge in [-0.15, -0.1) is 0 Å². The van der Waals surface area contributed by atoms with Gasteiger partial charge < -0.3 is 10.4 Å². The maximum absolute atomic E-state index is 10.6. The average molecular weight is 141 g/mol. The lowest BCUT2D eigenvalue weighted by molar-refractivity contribution is -0.116. The molecule has 0 bridgehead atoms. The van der Waals surface area contributed by atoms with Crippen LogP contribution >= 0.6 is 0 Å². The molecular weight excluding hydrogens is 130 g/mol. The molecule has 0 fully saturated rings. The van der Waals surface area contributed by atoms with E-state index in [0.29, 0.717) is 0 Å². The maximum atomic E-state index is 10.6. The van der Waals surface area contributed by atoms with E-state index in [-0.39, 0.29) is 12.5 Å². The number of amides is 1. The van der Waals surface area contributed by atoms with E-state index < -0.39 is 6.10 Å². The van der Waals surface area contributed by atoms with Gasteiger partial charge in [-0.25, -0.2) is 0 Å². The number of carbonyl (C=O) groups excluding carboxylic acids is 1. The lowest BCUT2D eigenvalue weighted by Gasteiger charge is -2.01. The van der Waals surface area contributed by atoms with Gasteiger partial charge in [-0.05, 0) is 19.8 Å². The predicted octanol–water partition coefficient (Wildman–Crippen LogP) is -0.493. The van der Waals surface area contributed by atoms with Crippen molar-refractivity contribution in [2.45, 2.75) is 20.0 Å². The molecule has 0 radical (unpaired) electrons. The van der Waals surface area contributed by atoms with Gasteiger partial charge in [0, 0.05) is 6.54 Å². The Morgan fingerprint density at radius 1 is 1.80 bits per heavy atom. The van der Waals surface area contributed by atoms with Gasteiger partial charge in [0.25, 0.3) is 5.91 Å². The Labute approximate surface area is 60.4 Å². The van der Waals surface area contributed by atoms with Crippen molar-refractivity contribution in [3.8, 4) is 11.8 Å². The topological polar surface area (TPSA) is 49.3 Å². The highest BCUT2D eigenvalue weighted by Crippen LogP contribution is 1.73. The molecule has 0 aromatic rings. The molecule has 3 nitrogen and oxygen atoms in total. The van der Waals surface area contributed by atoms with Crippen LogP contribution in [0.5, 0.6) is 0 Å². The van der Waals surface area contributed by atoms with Crippen LogP contribution in [0.4, 0.5) is 0 Å². The van der Waals surface area contributed by atoms with Crippen LogP contribution in [-0.4, -0.2) is 23.7 Å². The van der Waals surface area contributed by atoms with Crippen molar-refractivity contribution in [1.82, 2.24) is 5.32 Å². The summed E-state index contributed by atoms with van der Waals surface area (Å²) in [5.41, 5.74) is 0. The van der Waals surface area contributed by atoms with E-state index in [1.807, 2.05) is 0 Å². The lowest BCUT2D eigenvalue weighted by atomic mass is 10.4. The third-order valence-electron chi connectivity index (χ3n) is 0.797. The molecule has 0 saturated heterocycles. The zero-order valence-electron chi connectivity index (χ0n) is 6.14. The van der Waals surface area contributed by atoms with E-state index >= 15 is 0 Å². The smallest absolute Gasteiger partial charge is 0.295 e. The van der Waals surface area contributed by atoms with Gasteiger partial charge in [-0.3, -0.25) is 4.79 Å². The minimum atomic E-state index is -0.511. The van der Waals surface area contributed by atoms with Crippen LogP contribution in [0, 0.1) is 11.8 Å². The standard InChI is InChI=1S/C7H11NO2/c1-3-4-7(10)8-5-6(2)9/h6,9H,5H2,1-2H3,(H,8,10). The van der Waals surface area contributed by atoms with Gasteiger partial charge in [-0.2, -0.15) is 0 Å². The largest absolute Gasteiger partial charge is 0.392 e. The highest BCUT2D eigenvalue weighted by atomic mass is 16.3. The van der Waals surface area contributed by atoms with Gasteiger partial charge in [0.15, 0.2) is 0 Å². The Morgan fingerprint density at radius 3 is 2.80 bits per heavy atom. The summed E-state index contributed by atoms with van der Waals surface area (Å²) < 4.78 is 0. The normalized spacial score (nSPS) is 11.1. The van der Waals surface area contributed by atoms with Crippen LogP contribution in [0.15, 0.2) is 0 Å². The molecule has 56 valence electrons. The van der Waals surface area contributed by atoms with Crippen molar-refractivity contribution in [3.05, 3.63) is 0 Å². The third kappa shape index (κ3) is 5.13. The first-order valence-corrected chi connectivity index (χ1v) is 3.05. The fourth-order valence-electron chi connectivity index (χ4n) is 0.398. The number of nitrogens with one attached hydrogen (secondary N) is 1. The molecule has 0 aromatic heterocycles. The molecule has 0 heterocycles. The Bertz CT molecular complexity index is 164. The van der Waals surface area contributed by atoms with Gasteiger partial charge in [0.2, 0.25) is 0 Å². The van der Waals surface area contributed by atoms with Gasteiger partial charge in [0.05, 0.1) is 6.10 Å². The van der Waals surface area contributed by atoms with Gasteiger partial charge in [-0.1, -0.05) is 5.92 Å². The number of hydrogen-bond donors (Lipinski definition) is 2. The summed E-state index contributed by atoms with van der Waals surface area (Å²) in [7, 11) is 0. The SMILES string of the molecule is CC#CC(=O)NCC(C)O. The van der Waals surface area contributed by atoms with E-state index in [0.717, 1.165) is 0 Å². The summed E-state index contributed by atoms with van der Waals surface area (Å²) in [6, 6.07) is 0. The molecule has 1 unspecified atom stereocenters. The molecule has 3 heteroatoms. The molecule has 2 N–H and O–H groups in total. The van der Waals surface area contributed by atoms with Crippen LogP contribution in [0.3, 0.4) is 0 Å². The molecule has 1 amide bonds. The highest BCUT2D eigenvalue weighted by Gasteiger charge is 1.96. The van der Waals surface area contributed by atoms with Crippen molar-refractivity contribution >= 4 is 5.91 Å². The van der Waals surface area contributed by atoms with E-state index in [9.17, 15) is 4.79 Å². The Kier molecular flexibility index (Phi) is 4.34. The monoisotopic (exact) mass is 141 g/mol. The molecular formula is C7H11NO2. The molecule has 10 heavy (non-hydrogen) atoms. The minimum Gasteiger partial charge on any atom is -0.392 e. The minimum absolute atomic E-state index is 0.257. The summed E-state index contributed by atoms with van der Waals surface area (Å²) in [6.07, 6.45) is -0.511. The van der Waals surface area contributed by atoms with E-state index in [1.54, 1.807) is 13.8 Å². The Morgan fingerprint density at radius 2 is 2.40 bits per heavy atom. The second-order valence-corrected chi connectivity index (χ2v) is 1.93. The third-order valence-corrected chi connectivity index (χ3v) is 0.797. The van der Waals surface area contributed by atoms with Crippen LogP contribution < -0.4 is 5.32 Å². The summed E-state index contributed by atoms with van der Waals surface area (Å²) >= 11 is 0. The predicted molar refractivity (Wildman–Crippen MR) is 38.1 cm³/mol. The zero-order chi connectivity index (χ0) is 7.98. The van der Waals surface area contributed by atoms with Crippen LogP contribution in [-0.2, 0) is 4.79 Å². The number of hydrogen-bond acceptors (Lipinski definition) is 2. The molecule has 1 atom stereocenters. The van der Waals surface area contributed by atoms with Crippen molar-refractivity contribution < 1.29 is 9.90 Å². The Balaban J connectivity index is 3.47. The number of aliphatic hydroxyl groups excluding tert-OH is 1. The Hall–Kier alpha value is -1.01. The second-order valence-electron chi connectivity index (χ2n) is 1.93. The van der Waals surface area contributed by atoms with Crippen molar-refractivity contribution in [2.75, 3.05) is 6.54 Å². The first kappa shape index (κ1) is 8.99. The van der Waals surface area contributed by atoms with E-state index in [1.165, 1.54) is 0 Å². The quantitative estimate of drug-likeness (QED) is 0.510. The number of rotatable bonds is 2. The first-order valence-electron chi connectivity index (χ1n) is 3.05. The van der Waals surface area contributed by atoms with Gasteiger partial charge in [0.1, 0.15) is 0 Å². The van der Waals surface area contributed by atoms with Crippen LogP contribution in [0.2, 0.25) is 0 Å². The fourth-order valence-corrected chi connectivity index (χ4v) is 0.398. The summed E-state index contributed by atoms with van der Waals surface area (Å²) in [5.74, 6) is 4.39. The molecule has 0 rings (SSSR count). The highest BCUT2D eigenvalue weighted by molar-refractivity contribution is 5.93. The second kappa shape index (κ2) is 4.83. The van der Waals surface area contributed by atoms with E-state index in [2.05, 4.69) is 17.2 Å². The van der Waals surface area contributed by atoms with E-state index in [4.69, 9.17) is 5.11 Å². The number of aliphatic hydroxyl groups is 1. The average Bonchev–Trinajstić information content (AvgIpc) is 1.85. The van der Waals surface area contributed by atoms with Crippen molar-refractivity contribution in [3.63, 3.8) is 0 Å². The van der Waals surface area contributed by atoms with Crippen molar-refractivity contribution in [1.29, 1.82) is 0 Å². The molecule has 0 saturated carbocycles. The molecule has 0 aliphatic heterocycles. The molecule has 0 spiro atoms. The fraction of sp³-hybridized carbons (Fsp3) is 0.571. The van der Waals surface area contributed by atoms with Gasteiger partial charge >= 0.3 is 0 Å². The first-order chi connectivity index (χ1) is 4.66. The summed E-state index contributed by atoms with van der Waals surface area (Å²) in [4.78, 5) is 10.6.